The van der Waals surface area contributed by atoms with Crippen molar-refractivity contribution < 1.29 is 14.6 Å². The second kappa shape index (κ2) is 6.89. The van der Waals surface area contributed by atoms with E-state index in [2.05, 4.69) is 17.0 Å². The Morgan fingerprint density at radius 2 is 2.09 bits per heavy atom. The molecule has 0 spiro atoms. The number of rotatable bonds is 7. The number of nitrogens with zero attached hydrogens (tertiary/aromatic N) is 1. The lowest BCUT2D eigenvalue weighted by atomic mass is 9.89. The molecular formula is C18H26N2O3. The van der Waals surface area contributed by atoms with Gasteiger partial charge in [-0.05, 0) is 55.8 Å². The summed E-state index contributed by atoms with van der Waals surface area (Å²) in [7, 11) is 0. The highest BCUT2D eigenvalue weighted by Gasteiger charge is 2.34. The third kappa shape index (κ3) is 4.94. The fourth-order valence-electron chi connectivity index (χ4n) is 3.26. The molecule has 0 bridgehead atoms. The number of likely N-dealkylation sites (tertiary alicyclic amines) is 1. The number of ether oxygens (including phenoxy) is 1. The zero-order valence-corrected chi connectivity index (χ0v) is 13.5. The molecule has 0 aromatic heterocycles. The molecule has 1 heterocycles. The number of β-amino-alcohol motifs (C(OH)–C–C–N with tert-alkyl or cyclic N) is 1. The van der Waals surface area contributed by atoms with Gasteiger partial charge in [0.05, 0.1) is 18.6 Å². The predicted octanol–water partition coefficient (Wildman–Crippen LogP) is 1.68. The number of carbonyl (C=O) groups is 1. The minimum absolute atomic E-state index is 0.0391. The molecular weight excluding hydrogens is 292 g/mol. The van der Waals surface area contributed by atoms with Gasteiger partial charge < -0.3 is 15.6 Å². The van der Waals surface area contributed by atoms with Crippen LogP contribution in [0.4, 0.5) is 0 Å². The van der Waals surface area contributed by atoms with Crippen LogP contribution in [0.5, 0.6) is 5.75 Å². The monoisotopic (exact) mass is 318 g/mol. The SMILES string of the molecule is NC(=O)CC1(O)CCCN(Cc2ccc(OCC3CC3)cc2)C1. The fraction of sp³-hybridized carbons (Fsp3) is 0.611. The van der Waals surface area contributed by atoms with Crippen molar-refractivity contribution in [2.24, 2.45) is 11.7 Å². The van der Waals surface area contributed by atoms with Crippen LogP contribution in [-0.2, 0) is 11.3 Å². The van der Waals surface area contributed by atoms with E-state index in [1.807, 2.05) is 12.1 Å². The van der Waals surface area contributed by atoms with E-state index in [1.54, 1.807) is 0 Å². The summed E-state index contributed by atoms with van der Waals surface area (Å²) in [6.07, 6.45) is 4.15. The summed E-state index contributed by atoms with van der Waals surface area (Å²) in [4.78, 5) is 13.3. The number of aliphatic hydroxyl groups is 1. The van der Waals surface area contributed by atoms with Gasteiger partial charge in [-0.1, -0.05) is 12.1 Å². The van der Waals surface area contributed by atoms with Crippen molar-refractivity contribution in [1.29, 1.82) is 0 Å². The smallest absolute Gasteiger partial charge is 0.220 e. The Morgan fingerprint density at radius 3 is 2.74 bits per heavy atom. The van der Waals surface area contributed by atoms with Crippen LogP contribution in [0, 0.1) is 5.92 Å². The van der Waals surface area contributed by atoms with Gasteiger partial charge >= 0.3 is 0 Å². The van der Waals surface area contributed by atoms with Crippen molar-refractivity contribution in [2.75, 3.05) is 19.7 Å². The van der Waals surface area contributed by atoms with E-state index in [0.717, 1.165) is 37.8 Å². The molecule has 5 heteroatoms. The molecule has 1 saturated heterocycles. The lowest BCUT2D eigenvalue weighted by Crippen LogP contribution is -2.49. The summed E-state index contributed by atoms with van der Waals surface area (Å²) in [5, 5.41) is 10.5. The molecule has 3 N–H and O–H groups in total. The molecule has 23 heavy (non-hydrogen) atoms. The minimum atomic E-state index is -0.975. The fourth-order valence-corrected chi connectivity index (χ4v) is 3.26. The molecule has 1 aromatic rings. The number of carbonyl (C=O) groups excluding carboxylic acids is 1. The quantitative estimate of drug-likeness (QED) is 0.802. The van der Waals surface area contributed by atoms with E-state index in [1.165, 1.54) is 18.4 Å². The number of hydrogen-bond acceptors (Lipinski definition) is 4. The van der Waals surface area contributed by atoms with Gasteiger partial charge in [0.15, 0.2) is 0 Å². The van der Waals surface area contributed by atoms with E-state index >= 15 is 0 Å². The molecule has 2 aliphatic rings. The lowest BCUT2D eigenvalue weighted by molar-refractivity contribution is -0.125. The average Bonchev–Trinajstić information content (AvgIpc) is 3.29. The van der Waals surface area contributed by atoms with E-state index in [-0.39, 0.29) is 6.42 Å². The highest BCUT2D eigenvalue weighted by molar-refractivity contribution is 5.75. The number of hydrogen-bond donors (Lipinski definition) is 2. The van der Waals surface area contributed by atoms with Crippen molar-refractivity contribution in [2.45, 2.75) is 44.2 Å². The molecule has 1 unspecified atom stereocenters. The van der Waals surface area contributed by atoms with Gasteiger partial charge in [0.25, 0.3) is 0 Å². The zero-order chi connectivity index (χ0) is 16.3. The average molecular weight is 318 g/mol. The van der Waals surface area contributed by atoms with Gasteiger partial charge in [0.2, 0.25) is 5.91 Å². The normalized spacial score (nSPS) is 25.3. The topological polar surface area (TPSA) is 75.8 Å². The van der Waals surface area contributed by atoms with Crippen LogP contribution in [0.1, 0.15) is 37.7 Å². The number of amides is 1. The maximum absolute atomic E-state index is 11.1. The summed E-state index contributed by atoms with van der Waals surface area (Å²) in [6.45, 7) is 3.02. The second-order valence-corrected chi connectivity index (χ2v) is 7.08. The van der Waals surface area contributed by atoms with E-state index in [0.29, 0.717) is 13.0 Å². The largest absolute Gasteiger partial charge is 0.493 e. The lowest BCUT2D eigenvalue weighted by Gasteiger charge is -2.38. The van der Waals surface area contributed by atoms with Crippen LogP contribution in [-0.4, -0.2) is 41.2 Å². The van der Waals surface area contributed by atoms with Crippen molar-refractivity contribution in [3.05, 3.63) is 29.8 Å². The molecule has 5 nitrogen and oxygen atoms in total. The number of benzene rings is 1. The van der Waals surface area contributed by atoms with Crippen molar-refractivity contribution in [3.63, 3.8) is 0 Å². The Morgan fingerprint density at radius 1 is 1.35 bits per heavy atom. The van der Waals surface area contributed by atoms with Crippen LogP contribution in [0.25, 0.3) is 0 Å². The van der Waals surface area contributed by atoms with E-state index in [4.69, 9.17) is 10.5 Å². The Kier molecular flexibility index (Phi) is 4.87. The van der Waals surface area contributed by atoms with Gasteiger partial charge in [0.1, 0.15) is 5.75 Å². The number of nitrogens with two attached hydrogens (primary N) is 1. The molecule has 2 fully saturated rings. The zero-order valence-electron chi connectivity index (χ0n) is 13.5. The van der Waals surface area contributed by atoms with Crippen molar-refractivity contribution in [1.82, 2.24) is 4.90 Å². The number of piperidine rings is 1. The summed E-state index contributed by atoms with van der Waals surface area (Å²) < 4.78 is 5.75. The van der Waals surface area contributed by atoms with Crippen LogP contribution >= 0.6 is 0 Å². The maximum Gasteiger partial charge on any atom is 0.220 e. The van der Waals surface area contributed by atoms with Gasteiger partial charge in [-0.25, -0.2) is 0 Å². The molecule has 1 saturated carbocycles. The molecule has 126 valence electrons. The molecule has 1 aliphatic heterocycles. The predicted molar refractivity (Wildman–Crippen MR) is 87.9 cm³/mol. The first-order valence-corrected chi connectivity index (χ1v) is 8.47. The van der Waals surface area contributed by atoms with Gasteiger partial charge in [-0.15, -0.1) is 0 Å². The first kappa shape index (κ1) is 16.3. The molecule has 0 radical (unpaired) electrons. The highest BCUT2D eigenvalue weighted by Crippen LogP contribution is 2.30. The van der Waals surface area contributed by atoms with Crippen molar-refractivity contribution >= 4 is 5.91 Å². The third-order valence-corrected chi connectivity index (χ3v) is 4.65. The third-order valence-electron chi connectivity index (χ3n) is 4.65. The van der Waals surface area contributed by atoms with Gasteiger partial charge in [0, 0.05) is 13.1 Å². The first-order valence-electron chi connectivity index (χ1n) is 8.47. The standard InChI is InChI=1S/C18H26N2O3/c19-17(21)10-18(22)8-1-9-20(13-18)11-14-4-6-16(7-5-14)23-12-15-2-3-15/h4-7,15,22H,1-3,8-13H2,(H2,19,21). The maximum atomic E-state index is 11.1. The summed E-state index contributed by atoms with van der Waals surface area (Å²) in [5.74, 6) is 1.24. The Bertz CT molecular complexity index is 542. The number of primary amides is 1. The summed E-state index contributed by atoms with van der Waals surface area (Å²) >= 11 is 0. The molecule has 1 amide bonds. The Hall–Kier alpha value is -1.59. The summed E-state index contributed by atoms with van der Waals surface area (Å²) in [5.41, 5.74) is 5.46. The molecule has 1 aromatic carbocycles. The molecule has 1 aliphatic carbocycles. The van der Waals surface area contributed by atoms with E-state index in [9.17, 15) is 9.90 Å². The second-order valence-electron chi connectivity index (χ2n) is 7.08. The van der Waals surface area contributed by atoms with Crippen LogP contribution < -0.4 is 10.5 Å². The minimum Gasteiger partial charge on any atom is -0.493 e. The Balaban J connectivity index is 1.52. The molecule has 3 rings (SSSR count). The highest BCUT2D eigenvalue weighted by atomic mass is 16.5. The van der Waals surface area contributed by atoms with Gasteiger partial charge in [-0.2, -0.15) is 0 Å². The van der Waals surface area contributed by atoms with Gasteiger partial charge in [-0.3, -0.25) is 9.69 Å². The van der Waals surface area contributed by atoms with Crippen LogP contribution in [0.3, 0.4) is 0 Å². The molecule has 1 atom stereocenters. The van der Waals surface area contributed by atoms with Crippen LogP contribution in [0.2, 0.25) is 0 Å². The van der Waals surface area contributed by atoms with Crippen LogP contribution in [0.15, 0.2) is 24.3 Å². The van der Waals surface area contributed by atoms with Crippen molar-refractivity contribution in [3.8, 4) is 5.75 Å². The summed E-state index contributed by atoms with van der Waals surface area (Å²) in [6, 6.07) is 8.17. The van der Waals surface area contributed by atoms with E-state index < -0.39 is 11.5 Å². The Labute approximate surface area is 137 Å². The first-order chi connectivity index (χ1) is 11.0.